The van der Waals surface area contributed by atoms with Gasteiger partial charge in [0.25, 0.3) is 0 Å². The maximum atomic E-state index is 10.5. The van der Waals surface area contributed by atoms with Gasteiger partial charge in [0.1, 0.15) is 5.75 Å². The van der Waals surface area contributed by atoms with Crippen molar-refractivity contribution in [1.29, 1.82) is 0 Å². The van der Waals surface area contributed by atoms with E-state index in [2.05, 4.69) is 15.9 Å². The Morgan fingerprint density at radius 3 is 2.77 bits per heavy atom. The SMILES string of the molecule is O=C(Cl)Oc1ccccc1CCBr. The van der Waals surface area contributed by atoms with E-state index in [1.54, 1.807) is 12.1 Å². The van der Waals surface area contributed by atoms with Gasteiger partial charge in [-0.3, -0.25) is 0 Å². The number of hydrogen-bond acceptors (Lipinski definition) is 2. The lowest BCUT2D eigenvalue weighted by Crippen LogP contribution is -2.00. The molecule has 13 heavy (non-hydrogen) atoms. The van der Waals surface area contributed by atoms with Crippen LogP contribution in [0.1, 0.15) is 5.56 Å². The van der Waals surface area contributed by atoms with Crippen LogP contribution in [-0.2, 0) is 6.42 Å². The molecule has 0 unspecified atom stereocenters. The molecule has 0 aromatic heterocycles. The number of carbonyl (C=O) groups is 1. The molecule has 0 fully saturated rings. The van der Waals surface area contributed by atoms with Crippen LogP contribution in [0.2, 0.25) is 0 Å². The van der Waals surface area contributed by atoms with Crippen molar-refractivity contribution in [3.8, 4) is 5.75 Å². The summed E-state index contributed by atoms with van der Waals surface area (Å²) in [5.74, 6) is 0.530. The predicted octanol–water partition coefficient (Wildman–Crippen LogP) is 3.36. The van der Waals surface area contributed by atoms with E-state index in [1.807, 2.05) is 12.1 Å². The van der Waals surface area contributed by atoms with Gasteiger partial charge in [-0.15, -0.1) is 0 Å². The zero-order valence-electron chi connectivity index (χ0n) is 6.80. The highest BCUT2D eigenvalue weighted by Gasteiger charge is 2.04. The zero-order chi connectivity index (χ0) is 9.68. The minimum Gasteiger partial charge on any atom is -0.414 e. The standard InChI is InChI=1S/C9H8BrClO2/c10-6-5-7-3-1-2-4-8(7)13-9(11)12/h1-4H,5-6H2. The largest absolute Gasteiger partial charge is 0.414 e. The Bertz CT molecular complexity index is 301. The molecule has 2 nitrogen and oxygen atoms in total. The number of hydrogen-bond donors (Lipinski definition) is 0. The lowest BCUT2D eigenvalue weighted by molar-refractivity contribution is 0.225. The normalized spacial score (nSPS) is 9.69. The molecule has 0 saturated heterocycles. The second kappa shape index (κ2) is 5.25. The van der Waals surface area contributed by atoms with Crippen LogP contribution in [0, 0.1) is 0 Å². The highest BCUT2D eigenvalue weighted by molar-refractivity contribution is 9.09. The quantitative estimate of drug-likeness (QED) is 0.617. The van der Waals surface area contributed by atoms with Crippen LogP contribution in [0.5, 0.6) is 5.75 Å². The van der Waals surface area contributed by atoms with Crippen molar-refractivity contribution < 1.29 is 9.53 Å². The van der Waals surface area contributed by atoms with Crippen molar-refractivity contribution in [3.05, 3.63) is 29.8 Å². The number of aryl methyl sites for hydroxylation is 1. The van der Waals surface area contributed by atoms with E-state index in [9.17, 15) is 4.79 Å². The van der Waals surface area contributed by atoms with Gasteiger partial charge in [0, 0.05) is 16.9 Å². The Morgan fingerprint density at radius 2 is 2.15 bits per heavy atom. The molecule has 0 heterocycles. The van der Waals surface area contributed by atoms with E-state index in [1.165, 1.54) is 0 Å². The summed E-state index contributed by atoms with van der Waals surface area (Å²) in [6.07, 6.45) is 0.806. The maximum absolute atomic E-state index is 10.5. The van der Waals surface area contributed by atoms with Gasteiger partial charge in [0.15, 0.2) is 0 Å². The van der Waals surface area contributed by atoms with Crippen molar-refractivity contribution >= 4 is 33.0 Å². The van der Waals surface area contributed by atoms with Gasteiger partial charge in [-0.05, 0) is 18.1 Å². The van der Waals surface area contributed by atoms with Crippen LogP contribution in [0.4, 0.5) is 4.79 Å². The lowest BCUT2D eigenvalue weighted by atomic mass is 10.1. The van der Waals surface area contributed by atoms with Crippen molar-refractivity contribution in [3.63, 3.8) is 0 Å². The van der Waals surface area contributed by atoms with Crippen LogP contribution in [-0.4, -0.2) is 10.8 Å². The van der Waals surface area contributed by atoms with Gasteiger partial charge in [0.2, 0.25) is 0 Å². The summed E-state index contributed by atoms with van der Waals surface area (Å²) in [5, 5.41) is 0.823. The van der Waals surface area contributed by atoms with E-state index >= 15 is 0 Å². The van der Waals surface area contributed by atoms with Gasteiger partial charge < -0.3 is 4.74 Å². The third-order valence-corrected chi connectivity index (χ3v) is 2.00. The zero-order valence-corrected chi connectivity index (χ0v) is 9.14. The highest BCUT2D eigenvalue weighted by Crippen LogP contribution is 2.19. The van der Waals surface area contributed by atoms with Gasteiger partial charge in [-0.2, -0.15) is 0 Å². The number of halogens is 2. The topological polar surface area (TPSA) is 26.3 Å². The van der Waals surface area contributed by atoms with Crippen LogP contribution in [0.15, 0.2) is 24.3 Å². The summed E-state index contributed by atoms with van der Waals surface area (Å²) in [4.78, 5) is 10.5. The molecular weight excluding hydrogens is 255 g/mol. The molecule has 1 aromatic carbocycles. The Kier molecular flexibility index (Phi) is 4.25. The first-order valence-corrected chi connectivity index (χ1v) is 5.25. The summed E-state index contributed by atoms with van der Waals surface area (Å²) in [6.45, 7) is 0. The van der Waals surface area contributed by atoms with E-state index in [0.29, 0.717) is 5.75 Å². The second-order valence-electron chi connectivity index (χ2n) is 2.39. The van der Waals surface area contributed by atoms with E-state index in [0.717, 1.165) is 17.3 Å². The van der Waals surface area contributed by atoms with Crippen molar-refractivity contribution in [2.24, 2.45) is 0 Å². The first-order chi connectivity index (χ1) is 6.24. The van der Waals surface area contributed by atoms with Crippen LogP contribution >= 0.6 is 27.5 Å². The third kappa shape index (κ3) is 3.36. The Labute approximate surface area is 90.0 Å². The molecule has 70 valence electrons. The summed E-state index contributed by atoms with van der Waals surface area (Å²) in [7, 11) is 0. The van der Waals surface area contributed by atoms with E-state index < -0.39 is 5.43 Å². The minimum absolute atomic E-state index is 0.530. The van der Waals surface area contributed by atoms with Gasteiger partial charge >= 0.3 is 5.43 Å². The lowest BCUT2D eigenvalue weighted by Gasteiger charge is -2.05. The van der Waals surface area contributed by atoms with E-state index in [4.69, 9.17) is 16.3 Å². The molecule has 4 heteroatoms. The molecule has 0 spiro atoms. The van der Waals surface area contributed by atoms with Crippen molar-refractivity contribution in [2.45, 2.75) is 6.42 Å². The first-order valence-electron chi connectivity index (χ1n) is 3.75. The smallest absolute Gasteiger partial charge is 0.409 e. The number of benzene rings is 1. The fourth-order valence-electron chi connectivity index (χ4n) is 0.998. The fraction of sp³-hybridized carbons (Fsp3) is 0.222. The molecule has 0 aliphatic rings. The van der Waals surface area contributed by atoms with E-state index in [-0.39, 0.29) is 0 Å². The molecule has 1 aromatic rings. The van der Waals surface area contributed by atoms with Crippen molar-refractivity contribution in [1.82, 2.24) is 0 Å². The number of alkyl halides is 1. The molecule has 0 bridgehead atoms. The number of carbonyl (C=O) groups excluding carboxylic acids is 1. The van der Waals surface area contributed by atoms with Gasteiger partial charge in [-0.1, -0.05) is 34.1 Å². The fourth-order valence-corrected chi connectivity index (χ4v) is 1.51. The summed E-state index contributed by atoms with van der Waals surface area (Å²) in [5.41, 5.74) is 0.162. The Hall–Kier alpha value is -0.540. The number of rotatable bonds is 3. The molecule has 0 saturated carbocycles. The summed E-state index contributed by atoms with van der Waals surface area (Å²) >= 11 is 8.42. The monoisotopic (exact) mass is 262 g/mol. The molecule has 0 atom stereocenters. The third-order valence-electron chi connectivity index (χ3n) is 1.53. The van der Waals surface area contributed by atoms with Crippen LogP contribution in [0.25, 0.3) is 0 Å². The molecule has 1 rings (SSSR count). The summed E-state index contributed by atoms with van der Waals surface area (Å²) < 4.78 is 4.80. The predicted molar refractivity (Wildman–Crippen MR) is 55.8 cm³/mol. The second-order valence-corrected chi connectivity index (χ2v) is 3.49. The van der Waals surface area contributed by atoms with Crippen LogP contribution in [0.3, 0.4) is 0 Å². The van der Waals surface area contributed by atoms with Gasteiger partial charge in [0.05, 0.1) is 0 Å². The highest BCUT2D eigenvalue weighted by atomic mass is 79.9. The maximum Gasteiger partial charge on any atom is 0.409 e. The molecular formula is C9H8BrClO2. The average Bonchev–Trinajstić information content (AvgIpc) is 2.08. The minimum atomic E-state index is -0.804. The Morgan fingerprint density at radius 1 is 1.46 bits per heavy atom. The first kappa shape index (κ1) is 10.5. The van der Waals surface area contributed by atoms with Crippen molar-refractivity contribution in [2.75, 3.05) is 5.33 Å². The summed E-state index contributed by atoms with van der Waals surface area (Å²) in [6, 6.07) is 7.31. The Balaban J connectivity index is 2.84. The van der Waals surface area contributed by atoms with Crippen LogP contribution < -0.4 is 4.74 Å². The molecule has 0 aliphatic heterocycles. The average molecular weight is 264 g/mol. The number of ether oxygens (including phenoxy) is 1. The number of para-hydroxylation sites is 1. The van der Waals surface area contributed by atoms with Gasteiger partial charge in [-0.25, -0.2) is 4.79 Å². The molecule has 0 N–H and O–H groups in total. The molecule has 0 aliphatic carbocycles. The molecule has 0 amide bonds. The molecule has 0 radical (unpaired) electrons.